The largest absolute Gasteiger partial charge is 0.466 e. The summed E-state index contributed by atoms with van der Waals surface area (Å²) in [6, 6.07) is 7.47. The third kappa shape index (κ3) is 4.00. The van der Waals surface area contributed by atoms with Crippen molar-refractivity contribution in [2.75, 3.05) is 7.11 Å². The zero-order valence-electron chi connectivity index (χ0n) is 8.31. The average Bonchev–Trinajstić information content (AvgIpc) is 2.26. The number of methoxy groups -OCH3 is 1. The molecule has 3 heteroatoms. The summed E-state index contributed by atoms with van der Waals surface area (Å²) in [6.45, 7) is 0. The maximum Gasteiger partial charge on any atom is 0.330 e. The van der Waals surface area contributed by atoms with Gasteiger partial charge in [0, 0.05) is 11.1 Å². The van der Waals surface area contributed by atoms with Gasteiger partial charge in [-0.1, -0.05) is 48.0 Å². The van der Waals surface area contributed by atoms with Crippen molar-refractivity contribution < 1.29 is 9.53 Å². The number of carbonyl (C=O) groups is 1. The fourth-order valence-electron chi connectivity index (χ4n) is 0.972. The highest BCUT2D eigenvalue weighted by Crippen LogP contribution is 2.15. The quantitative estimate of drug-likeness (QED) is 0.446. The van der Waals surface area contributed by atoms with Gasteiger partial charge in [-0.05, 0) is 11.6 Å². The van der Waals surface area contributed by atoms with E-state index >= 15 is 0 Å². The Morgan fingerprint density at radius 3 is 2.73 bits per heavy atom. The first-order valence-electron chi connectivity index (χ1n) is 4.41. The second kappa shape index (κ2) is 6.04. The lowest BCUT2D eigenvalue weighted by atomic mass is 10.2. The van der Waals surface area contributed by atoms with Gasteiger partial charge >= 0.3 is 5.97 Å². The molecular weight excluding hydrogens is 212 g/mol. The number of halogens is 1. The van der Waals surface area contributed by atoms with Gasteiger partial charge in [0.2, 0.25) is 0 Å². The smallest absolute Gasteiger partial charge is 0.330 e. The number of hydrogen-bond acceptors (Lipinski definition) is 2. The number of esters is 1. The van der Waals surface area contributed by atoms with E-state index in [1.807, 2.05) is 30.3 Å². The number of rotatable bonds is 3. The predicted molar refractivity (Wildman–Crippen MR) is 61.6 cm³/mol. The minimum Gasteiger partial charge on any atom is -0.466 e. The van der Waals surface area contributed by atoms with E-state index in [1.54, 1.807) is 12.2 Å². The number of benzene rings is 1. The second-order valence-electron chi connectivity index (χ2n) is 2.76. The van der Waals surface area contributed by atoms with Gasteiger partial charge in [-0.3, -0.25) is 0 Å². The summed E-state index contributed by atoms with van der Waals surface area (Å²) in [6.07, 6.45) is 6.50. The summed E-state index contributed by atoms with van der Waals surface area (Å²) in [5.41, 5.74) is 0.911. The van der Waals surface area contributed by atoms with E-state index < -0.39 is 0 Å². The summed E-state index contributed by atoms with van der Waals surface area (Å²) in [4.78, 5) is 10.7. The minimum atomic E-state index is -0.376. The summed E-state index contributed by atoms with van der Waals surface area (Å²) in [5.74, 6) is -0.376. The fraction of sp³-hybridized carbons (Fsp3) is 0.0833. The van der Waals surface area contributed by atoms with Crippen LogP contribution in [-0.2, 0) is 9.53 Å². The molecule has 0 N–H and O–H groups in total. The highest BCUT2D eigenvalue weighted by Gasteiger charge is 1.92. The van der Waals surface area contributed by atoms with Crippen molar-refractivity contribution in [2.24, 2.45) is 0 Å². The molecule has 0 aliphatic carbocycles. The lowest BCUT2D eigenvalue weighted by Crippen LogP contribution is -1.92. The Kier molecular flexibility index (Phi) is 4.64. The van der Waals surface area contributed by atoms with Gasteiger partial charge < -0.3 is 4.74 Å². The van der Waals surface area contributed by atoms with Crippen molar-refractivity contribution >= 4 is 23.6 Å². The Morgan fingerprint density at radius 2 is 2.07 bits per heavy atom. The van der Waals surface area contributed by atoms with Crippen LogP contribution in [-0.4, -0.2) is 13.1 Å². The van der Waals surface area contributed by atoms with Crippen LogP contribution < -0.4 is 0 Å². The molecule has 0 spiro atoms. The van der Waals surface area contributed by atoms with Crippen molar-refractivity contribution in [2.45, 2.75) is 0 Å². The van der Waals surface area contributed by atoms with E-state index in [-0.39, 0.29) is 5.97 Å². The Hall–Kier alpha value is -1.54. The van der Waals surface area contributed by atoms with E-state index in [1.165, 1.54) is 13.2 Å². The first kappa shape index (κ1) is 11.5. The molecule has 0 saturated carbocycles. The van der Waals surface area contributed by atoms with Gasteiger partial charge in [0.25, 0.3) is 0 Å². The van der Waals surface area contributed by atoms with Gasteiger partial charge in [0.1, 0.15) is 0 Å². The summed E-state index contributed by atoms with van der Waals surface area (Å²) in [5, 5.41) is 0.681. The second-order valence-corrected chi connectivity index (χ2v) is 3.17. The van der Waals surface area contributed by atoms with Crippen LogP contribution in [0.3, 0.4) is 0 Å². The Morgan fingerprint density at radius 1 is 1.33 bits per heavy atom. The standard InChI is InChI=1S/C12H11ClO2/c1-15-12(14)9-5-3-7-10-6-2-4-8-11(10)13/h2-9H,1H3/b7-3+,9-5-. The molecule has 0 radical (unpaired) electrons. The molecule has 0 bridgehead atoms. The van der Waals surface area contributed by atoms with Gasteiger partial charge in [0.05, 0.1) is 7.11 Å². The zero-order chi connectivity index (χ0) is 11.1. The molecule has 0 atom stereocenters. The summed E-state index contributed by atoms with van der Waals surface area (Å²) in [7, 11) is 1.34. The first-order chi connectivity index (χ1) is 7.24. The van der Waals surface area contributed by atoms with Crippen molar-refractivity contribution in [1.29, 1.82) is 0 Å². The van der Waals surface area contributed by atoms with Crippen LogP contribution in [0.4, 0.5) is 0 Å². The van der Waals surface area contributed by atoms with Gasteiger partial charge in [-0.15, -0.1) is 0 Å². The fourth-order valence-corrected chi connectivity index (χ4v) is 1.17. The Balaban J connectivity index is 2.63. The molecule has 15 heavy (non-hydrogen) atoms. The average molecular weight is 223 g/mol. The molecule has 0 fully saturated rings. The highest BCUT2D eigenvalue weighted by molar-refractivity contribution is 6.32. The highest BCUT2D eigenvalue weighted by atomic mass is 35.5. The first-order valence-corrected chi connectivity index (χ1v) is 4.79. The van der Waals surface area contributed by atoms with Gasteiger partial charge in [0.15, 0.2) is 0 Å². The molecule has 1 aromatic rings. The molecule has 0 saturated heterocycles. The van der Waals surface area contributed by atoms with Crippen LogP contribution in [0.2, 0.25) is 5.02 Å². The van der Waals surface area contributed by atoms with Crippen molar-refractivity contribution in [3.05, 3.63) is 53.1 Å². The molecule has 78 valence electrons. The van der Waals surface area contributed by atoms with E-state index in [0.29, 0.717) is 5.02 Å². The maximum absolute atomic E-state index is 10.7. The Labute approximate surface area is 93.8 Å². The van der Waals surface area contributed by atoms with Crippen molar-refractivity contribution in [3.8, 4) is 0 Å². The van der Waals surface area contributed by atoms with Gasteiger partial charge in [-0.25, -0.2) is 4.79 Å². The molecular formula is C12H11ClO2. The molecule has 0 aliphatic heterocycles. The van der Waals surface area contributed by atoms with Crippen LogP contribution in [0.15, 0.2) is 42.5 Å². The monoisotopic (exact) mass is 222 g/mol. The molecule has 0 aromatic heterocycles. The van der Waals surface area contributed by atoms with Crippen LogP contribution in [0.25, 0.3) is 6.08 Å². The third-order valence-electron chi connectivity index (χ3n) is 1.73. The minimum absolute atomic E-state index is 0.376. The normalized spacial score (nSPS) is 11.1. The number of carbonyl (C=O) groups excluding carboxylic acids is 1. The van der Waals surface area contributed by atoms with Crippen LogP contribution in [0, 0.1) is 0 Å². The SMILES string of the molecule is COC(=O)/C=C\C=C\c1ccccc1Cl. The lowest BCUT2D eigenvalue weighted by molar-refractivity contribution is -0.134. The Bertz CT molecular complexity index is 394. The molecule has 2 nitrogen and oxygen atoms in total. The van der Waals surface area contributed by atoms with Crippen molar-refractivity contribution in [3.63, 3.8) is 0 Å². The third-order valence-corrected chi connectivity index (χ3v) is 2.07. The van der Waals surface area contributed by atoms with Gasteiger partial charge in [-0.2, -0.15) is 0 Å². The van der Waals surface area contributed by atoms with Crippen molar-refractivity contribution in [1.82, 2.24) is 0 Å². The molecule has 1 aromatic carbocycles. The van der Waals surface area contributed by atoms with E-state index in [4.69, 9.17) is 11.6 Å². The topological polar surface area (TPSA) is 26.3 Å². The maximum atomic E-state index is 10.7. The van der Waals surface area contributed by atoms with E-state index in [2.05, 4.69) is 4.74 Å². The molecule has 0 heterocycles. The predicted octanol–water partition coefficient (Wildman–Crippen LogP) is 3.08. The molecule has 0 unspecified atom stereocenters. The van der Waals surface area contributed by atoms with Crippen LogP contribution in [0.1, 0.15) is 5.56 Å². The number of hydrogen-bond donors (Lipinski definition) is 0. The molecule has 1 rings (SSSR count). The zero-order valence-corrected chi connectivity index (χ0v) is 9.07. The van der Waals surface area contributed by atoms with Crippen LogP contribution in [0.5, 0.6) is 0 Å². The van der Waals surface area contributed by atoms with E-state index in [0.717, 1.165) is 5.56 Å². The lowest BCUT2D eigenvalue weighted by Gasteiger charge is -1.94. The van der Waals surface area contributed by atoms with E-state index in [9.17, 15) is 4.79 Å². The molecule has 0 aliphatic rings. The van der Waals surface area contributed by atoms with Crippen LogP contribution >= 0.6 is 11.6 Å². The summed E-state index contributed by atoms with van der Waals surface area (Å²) < 4.78 is 4.44. The molecule has 0 amide bonds. The number of allylic oxidation sites excluding steroid dienone is 2. The number of ether oxygens (including phenoxy) is 1. The summed E-state index contributed by atoms with van der Waals surface area (Å²) >= 11 is 5.93.